The van der Waals surface area contributed by atoms with Gasteiger partial charge in [-0.3, -0.25) is 4.57 Å². The van der Waals surface area contributed by atoms with Gasteiger partial charge in [-0.15, -0.1) is 0 Å². The normalized spacial score (nSPS) is 12.7. The summed E-state index contributed by atoms with van der Waals surface area (Å²) < 4.78 is 38.8. The van der Waals surface area contributed by atoms with Crippen molar-refractivity contribution in [1.82, 2.24) is 9.55 Å². The second kappa shape index (κ2) is 17.5. The molecule has 0 atom stereocenters. The number of halogens is 2. The Labute approximate surface area is 392 Å². The van der Waals surface area contributed by atoms with Gasteiger partial charge >= 0.3 is 0 Å². The van der Waals surface area contributed by atoms with Crippen molar-refractivity contribution in [3.8, 4) is 39.6 Å². The maximum Gasteiger partial charge on any atom is 0.137 e. The van der Waals surface area contributed by atoms with E-state index in [9.17, 15) is 4.39 Å². The molecule has 1 aliphatic rings. The Morgan fingerprint density at radius 2 is 1.21 bits per heavy atom. The number of fused-ring (bicyclic) bond motifs is 4. The third-order valence-corrected chi connectivity index (χ3v) is 13.3. The summed E-state index contributed by atoms with van der Waals surface area (Å²) in [5.41, 5.74) is 14.4. The Morgan fingerprint density at radius 3 is 1.90 bits per heavy atom. The van der Waals surface area contributed by atoms with E-state index in [1.165, 1.54) is 17.2 Å². The number of aromatic nitrogens is 2. The van der Waals surface area contributed by atoms with Crippen LogP contribution >= 0.6 is 0 Å². The fourth-order valence-electron chi connectivity index (χ4n) is 9.71. The molecule has 3 heterocycles. The number of ether oxygens (including phenoxy) is 1. The number of hydrogen-bond donors (Lipinski definition) is 0. The number of hydrogen-bond acceptors (Lipinski definition) is 4. The van der Waals surface area contributed by atoms with E-state index in [0.29, 0.717) is 24.1 Å². The third kappa shape index (κ3) is 8.11. The molecule has 0 amide bonds. The van der Waals surface area contributed by atoms with Crippen molar-refractivity contribution >= 4 is 44.6 Å². The molecule has 0 radical (unpaired) electrons. The lowest BCUT2D eigenvalue weighted by Gasteiger charge is -2.30. The van der Waals surface area contributed by atoms with Crippen molar-refractivity contribution in [2.24, 2.45) is 0 Å². The lowest BCUT2D eigenvalue weighted by Crippen LogP contribution is -2.26. The van der Waals surface area contributed by atoms with Crippen LogP contribution in [0.3, 0.4) is 0 Å². The summed E-state index contributed by atoms with van der Waals surface area (Å²) in [6, 6.07) is 51.1. The minimum absolute atomic E-state index is 0.104. The zero-order chi connectivity index (χ0) is 46.7. The first-order valence-corrected chi connectivity index (χ1v) is 23.5. The number of benzene rings is 7. The molecule has 0 bridgehead atoms. The highest BCUT2D eigenvalue weighted by atomic mass is 19.1. The molecular weight excluding hydrogens is 831 g/mol. The van der Waals surface area contributed by atoms with Gasteiger partial charge in [0.2, 0.25) is 0 Å². The van der Waals surface area contributed by atoms with Crippen molar-refractivity contribution in [2.75, 3.05) is 16.5 Å². The van der Waals surface area contributed by atoms with Gasteiger partial charge in [0.15, 0.2) is 0 Å². The van der Waals surface area contributed by atoms with Crippen LogP contribution in [0.25, 0.3) is 49.9 Å². The van der Waals surface area contributed by atoms with Crippen LogP contribution in [-0.2, 0) is 0 Å². The fraction of sp³-hybridized carbons (Fsp3) is 0.217. The predicted octanol–water partition coefficient (Wildman–Crippen LogP) is 17.3. The van der Waals surface area contributed by atoms with Crippen molar-refractivity contribution in [3.05, 3.63) is 192 Å². The van der Waals surface area contributed by atoms with E-state index in [1.54, 1.807) is 6.07 Å². The molecule has 0 aliphatic carbocycles. The summed E-state index contributed by atoms with van der Waals surface area (Å²) >= 11 is 0. The molecule has 7 aromatic carbocycles. The van der Waals surface area contributed by atoms with Crippen LogP contribution in [0, 0.1) is 11.6 Å². The fourth-order valence-corrected chi connectivity index (χ4v) is 9.71. The molecule has 0 saturated carbocycles. The SMILES string of the molecule is CC(C)c1ccc(-c2cc(Oc3ccc4c5ccccc5n(-c5ccccn5)c4c3)cc(N3CN(c4c(C(C)C)cc(-c5ccc(F)cc5F)cc4C(C)C)c4cc(C(C)C)ccc43)c2)cc1. The summed E-state index contributed by atoms with van der Waals surface area (Å²) in [5.74, 6) is 2.06. The lowest BCUT2D eigenvalue weighted by atomic mass is 9.87. The second-order valence-corrected chi connectivity index (χ2v) is 19.2. The standard InChI is InChI=1S/C60H56F2N4O/c1-36(2)40-16-18-41(19-17-40)43-27-46(33-48(28-43)67-47-22-24-51-50-13-9-10-14-55(50)66(57(51)34-47)59-15-11-12-26-63-59)64-35-65(58-31-42(37(3)4)20-25-56(58)64)60-52(38(5)6)29-44(30-53(60)39(7)8)49-23-21-45(61)32-54(49)62/h9-34,36-39H,35H2,1-8H3. The molecule has 1 aliphatic heterocycles. The zero-order valence-electron chi connectivity index (χ0n) is 39.5. The highest BCUT2D eigenvalue weighted by Gasteiger charge is 2.33. The molecule has 0 N–H and O–H groups in total. The maximum atomic E-state index is 15.5. The molecule has 2 aromatic heterocycles. The Hall–Kier alpha value is -7.25. The van der Waals surface area contributed by atoms with Crippen LogP contribution in [0.1, 0.15) is 101 Å². The number of pyridine rings is 1. The molecule has 0 spiro atoms. The highest BCUT2D eigenvalue weighted by Crippen LogP contribution is 2.51. The molecule has 336 valence electrons. The van der Waals surface area contributed by atoms with Gasteiger partial charge < -0.3 is 14.5 Å². The highest BCUT2D eigenvalue weighted by molar-refractivity contribution is 6.09. The Kier molecular flexibility index (Phi) is 11.4. The van der Waals surface area contributed by atoms with Crippen molar-refractivity contribution < 1.29 is 13.5 Å². The van der Waals surface area contributed by atoms with E-state index in [2.05, 4.69) is 185 Å². The van der Waals surface area contributed by atoms with E-state index in [-0.39, 0.29) is 11.8 Å². The first kappa shape index (κ1) is 43.6. The Balaban J connectivity index is 1.13. The van der Waals surface area contributed by atoms with E-state index in [1.807, 2.05) is 24.4 Å². The monoisotopic (exact) mass is 886 g/mol. The summed E-state index contributed by atoms with van der Waals surface area (Å²) in [7, 11) is 0. The molecule has 9 aromatic rings. The second-order valence-electron chi connectivity index (χ2n) is 19.2. The lowest BCUT2D eigenvalue weighted by molar-refractivity contribution is 0.483. The van der Waals surface area contributed by atoms with Crippen LogP contribution in [0.15, 0.2) is 158 Å². The molecular formula is C60H56F2N4O. The minimum atomic E-state index is -0.587. The van der Waals surface area contributed by atoms with Crippen LogP contribution in [0.4, 0.5) is 31.5 Å². The molecule has 67 heavy (non-hydrogen) atoms. The minimum Gasteiger partial charge on any atom is -0.457 e. The van der Waals surface area contributed by atoms with Crippen molar-refractivity contribution in [2.45, 2.75) is 79.1 Å². The van der Waals surface area contributed by atoms with E-state index >= 15 is 4.39 Å². The zero-order valence-corrected chi connectivity index (χ0v) is 39.5. The third-order valence-electron chi connectivity index (χ3n) is 13.3. The van der Waals surface area contributed by atoms with Gasteiger partial charge in [0, 0.05) is 52.1 Å². The van der Waals surface area contributed by atoms with Gasteiger partial charge in [0.05, 0.1) is 22.4 Å². The van der Waals surface area contributed by atoms with Gasteiger partial charge in [0.1, 0.15) is 35.6 Å². The van der Waals surface area contributed by atoms with Crippen LogP contribution in [0.5, 0.6) is 11.5 Å². The molecule has 0 saturated heterocycles. The molecule has 7 heteroatoms. The number of nitrogens with zero attached hydrogens (tertiary/aromatic N) is 4. The molecule has 0 unspecified atom stereocenters. The Morgan fingerprint density at radius 1 is 0.507 bits per heavy atom. The molecule has 5 nitrogen and oxygen atoms in total. The summed E-state index contributed by atoms with van der Waals surface area (Å²) in [6.45, 7) is 18.2. The average molecular weight is 887 g/mol. The van der Waals surface area contributed by atoms with Crippen molar-refractivity contribution in [3.63, 3.8) is 0 Å². The molecule has 10 rings (SSSR count). The van der Waals surface area contributed by atoms with Gasteiger partial charge in [-0.05, 0) is 141 Å². The van der Waals surface area contributed by atoms with Crippen LogP contribution in [-0.4, -0.2) is 16.2 Å². The van der Waals surface area contributed by atoms with Gasteiger partial charge in [-0.25, -0.2) is 13.8 Å². The first-order valence-electron chi connectivity index (χ1n) is 23.5. The molecule has 0 fully saturated rings. The summed E-state index contributed by atoms with van der Waals surface area (Å²) in [6.07, 6.45) is 1.83. The van der Waals surface area contributed by atoms with E-state index in [0.717, 1.165) is 95.8 Å². The quantitative estimate of drug-likeness (QED) is 0.130. The van der Waals surface area contributed by atoms with E-state index in [4.69, 9.17) is 9.72 Å². The van der Waals surface area contributed by atoms with Crippen molar-refractivity contribution in [1.29, 1.82) is 0 Å². The first-order chi connectivity index (χ1) is 32.3. The number of para-hydroxylation sites is 1. The number of anilines is 4. The summed E-state index contributed by atoms with van der Waals surface area (Å²) in [5, 5.41) is 2.28. The van der Waals surface area contributed by atoms with Gasteiger partial charge in [0.25, 0.3) is 0 Å². The largest absolute Gasteiger partial charge is 0.457 e. The van der Waals surface area contributed by atoms with Gasteiger partial charge in [-0.2, -0.15) is 0 Å². The predicted molar refractivity (Wildman–Crippen MR) is 274 cm³/mol. The van der Waals surface area contributed by atoms with E-state index < -0.39 is 11.6 Å². The average Bonchev–Trinajstić information content (AvgIpc) is 3.86. The van der Waals surface area contributed by atoms with Gasteiger partial charge in [-0.1, -0.05) is 110 Å². The number of rotatable bonds is 11. The van der Waals surface area contributed by atoms with Crippen LogP contribution < -0.4 is 14.5 Å². The van der Waals surface area contributed by atoms with Crippen LogP contribution in [0.2, 0.25) is 0 Å². The topological polar surface area (TPSA) is 33.5 Å². The Bertz CT molecular complexity index is 3270. The maximum absolute atomic E-state index is 15.5. The summed E-state index contributed by atoms with van der Waals surface area (Å²) in [4.78, 5) is 9.59. The smallest absolute Gasteiger partial charge is 0.137 e.